The second-order valence-corrected chi connectivity index (χ2v) is 3.36. The van der Waals surface area contributed by atoms with Crippen molar-refractivity contribution < 1.29 is 0 Å². The third-order valence-electron chi connectivity index (χ3n) is 2.21. The van der Waals surface area contributed by atoms with Crippen LogP contribution in [0.4, 0.5) is 5.82 Å². The summed E-state index contributed by atoms with van der Waals surface area (Å²) in [5.41, 5.74) is 6.56. The van der Waals surface area contributed by atoms with Crippen LogP contribution in [0.1, 0.15) is 19.0 Å². The predicted octanol–water partition coefficient (Wildman–Crippen LogP) is 1.57. The van der Waals surface area contributed by atoms with Gasteiger partial charge in [-0.1, -0.05) is 6.07 Å². The van der Waals surface area contributed by atoms with E-state index < -0.39 is 0 Å². The highest BCUT2D eigenvalue weighted by molar-refractivity contribution is 5.38. The third-order valence-corrected chi connectivity index (χ3v) is 2.21. The number of hydrogen-bond acceptors (Lipinski definition) is 3. The lowest BCUT2D eigenvalue weighted by molar-refractivity contribution is 0.743. The van der Waals surface area contributed by atoms with Crippen molar-refractivity contribution in [3.8, 4) is 0 Å². The van der Waals surface area contributed by atoms with Gasteiger partial charge in [0.25, 0.3) is 0 Å². The quantitative estimate of drug-likeness (QED) is 0.771. The Kier molecular flexibility index (Phi) is 4.40. The van der Waals surface area contributed by atoms with Crippen LogP contribution >= 0.6 is 0 Å². The highest BCUT2D eigenvalue weighted by Crippen LogP contribution is 2.10. The maximum Gasteiger partial charge on any atom is 0.128 e. The van der Waals surface area contributed by atoms with Crippen molar-refractivity contribution in [3.63, 3.8) is 0 Å². The van der Waals surface area contributed by atoms with Gasteiger partial charge in [-0.2, -0.15) is 0 Å². The largest absolute Gasteiger partial charge is 0.357 e. The third kappa shape index (κ3) is 3.00. The first-order valence-electron chi connectivity index (χ1n) is 5.16. The van der Waals surface area contributed by atoms with E-state index in [0.29, 0.717) is 0 Å². The van der Waals surface area contributed by atoms with Crippen molar-refractivity contribution >= 4 is 5.82 Å². The second kappa shape index (κ2) is 5.60. The summed E-state index contributed by atoms with van der Waals surface area (Å²) in [6, 6.07) is 6.11. The van der Waals surface area contributed by atoms with Crippen LogP contribution in [-0.2, 0) is 0 Å². The van der Waals surface area contributed by atoms with Gasteiger partial charge in [0, 0.05) is 18.8 Å². The standard InChI is InChI=1S/C11H19N3/c1-3-14(9-5-8-12)11-7-4-6-10(2)13-11/h4,6-7H,3,5,8-9,12H2,1-2H3. The molecular weight excluding hydrogens is 174 g/mol. The Bertz CT molecular complexity index is 273. The van der Waals surface area contributed by atoms with Gasteiger partial charge in [-0.3, -0.25) is 0 Å². The van der Waals surface area contributed by atoms with Crippen molar-refractivity contribution in [3.05, 3.63) is 23.9 Å². The summed E-state index contributed by atoms with van der Waals surface area (Å²) < 4.78 is 0. The van der Waals surface area contributed by atoms with E-state index in [2.05, 4.69) is 16.8 Å². The van der Waals surface area contributed by atoms with E-state index in [1.54, 1.807) is 0 Å². The minimum Gasteiger partial charge on any atom is -0.357 e. The Morgan fingerprint density at radius 3 is 2.79 bits per heavy atom. The first-order chi connectivity index (χ1) is 6.77. The van der Waals surface area contributed by atoms with Crippen LogP contribution in [0.5, 0.6) is 0 Å². The zero-order chi connectivity index (χ0) is 10.4. The highest BCUT2D eigenvalue weighted by Gasteiger charge is 2.03. The van der Waals surface area contributed by atoms with Crippen LogP contribution < -0.4 is 10.6 Å². The summed E-state index contributed by atoms with van der Waals surface area (Å²) in [5.74, 6) is 1.06. The number of aryl methyl sites for hydroxylation is 1. The summed E-state index contributed by atoms with van der Waals surface area (Å²) in [5, 5.41) is 0. The topological polar surface area (TPSA) is 42.1 Å². The van der Waals surface area contributed by atoms with E-state index in [0.717, 1.165) is 37.6 Å². The van der Waals surface area contributed by atoms with Crippen LogP contribution in [-0.4, -0.2) is 24.6 Å². The summed E-state index contributed by atoms with van der Waals surface area (Å²) in [7, 11) is 0. The molecule has 0 aliphatic carbocycles. The van der Waals surface area contributed by atoms with Gasteiger partial charge in [-0.25, -0.2) is 4.98 Å². The number of hydrogen-bond donors (Lipinski definition) is 1. The molecule has 1 heterocycles. The van der Waals surface area contributed by atoms with E-state index in [1.165, 1.54) is 0 Å². The van der Waals surface area contributed by atoms with Gasteiger partial charge >= 0.3 is 0 Å². The Hall–Kier alpha value is -1.09. The number of nitrogens with two attached hydrogens (primary N) is 1. The van der Waals surface area contributed by atoms with Crippen molar-refractivity contribution in [2.75, 3.05) is 24.5 Å². The lowest BCUT2D eigenvalue weighted by Gasteiger charge is -2.21. The number of anilines is 1. The molecule has 0 saturated heterocycles. The lowest BCUT2D eigenvalue weighted by Crippen LogP contribution is -2.26. The molecule has 1 aromatic rings. The number of pyridine rings is 1. The lowest BCUT2D eigenvalue weighted by atomic mass is 10.3. The molecular formula is C11H19N3. The fourth-order valence-corrected chi connectivity index (χ4v) is 1.42. The molecule has 0 amide bonds. The molecule has 0 unspecified atom stereocenters. The molecule has 0 aliphatic heterocycles. The van der Waals surface area contributed by atoms with Crippen molar-refractivity contribution in [2.24, 2.45) is 5.73 Å². The van der Waals surface area contributed by atoms with E-state index in [9.17, 15) is 0 Å². The molecule has 0 fully saturated rings. The number of aromatic nitrogens is 1. The molecule has 14 heavy (non-hydrogen) atoms. The molecule has 0 saturated carbocycles. The van der Waals surface area contributed by atoms with Crippen LogP contribution in [0.3, 0.4) is 0 Å². The Balaban J connectivity index is 2.68. The van der Waals surface area contributed by atoms with Gasteiger partial charge in [-0.15, -0.1) is 0 Å². The summed E-state index contributed by atoms with van der Waals surface area (Å²) in [6.45, 7) is 6.86. The van der Waals surface area contributed by atoms with Gasteiger partial charge in [0.05, 0.1) is 0 Å². The van der Waals surface area contributed by atoms with E-state index >= 15 is 0 Å². The molecule has 3 heteroatoms. The molecule has 1 rings (SSSR count). The minimum atomic E-state index is 0.738. The SMILES string of the molecule is CCN(CCCN)c1cccc(C)n1. The zero-order valence-electron chi connectivity index (χ0n) is 9.03. The van der Waals surface area contributed by atoms with Crippen LogP contribution in [0, 0.1) is 6.92 Å². The fourth-order valence-electron chi connectivity index (χ4n) is 1.42. The average Bonchev–Trinajstić information content (AvgIpc) is 2.19. The summed E-state index contributed by atoms with van der Waals surface area (Å²) in [6.07, 6.45) is 1.02. The molecule has 0 bridgehead atoms. The van der Waals surface area contributed by atoms with Gasteiger partial charge < -0.3 is 10.6 Å². The van der Waals surface area contributed by atoms with Crippen molar-refractivity contribution in [2.45, 2.75) is 20.3 Å². The maximum atomic E-state index is 5.49. The van der Waals surface area contributed by atoms with Crippen LogP contribution in [0.2, 0.25) is 0 Å². The monoisotopic (exact) mass is 193 g/mol. The molecule has 0 aromatic carbocycles. The van der Waals surface area contributed by atoms with Gasteiger partial charge in [0.2, 0.25) is 0 Å². The van der Waals surface area contributed by atoms with Gasteiger partial charge in [0.15, 0.2) is 0 Å². The first-order valence-corrected chi connectivity index (χ1v) is 5.16. The van der Waals surface area contributed by atoms with Crippen LogP contribution in [0.15, 0.2) is 18.2 Å². The van der Waals surface area contributed by atoms with Gasteiger partial charge in [-0.05, 0) is 38.9 Å². The maximum absolute atomic E-state index is 5.49. The zero-order valence-corrected chi connectivity index (χ0v) is 9.03. The number of nitrogens with zero attached hydrogens (tertiary/aromatic N) is 2. The predicted molar refractivity (Wildman–Crippen MR) is 60.5 cm³/mol. The van der Waals surface area contributed by atoms with E-state index in [-0.39, 0.29) is 0 Å². The van der Waals surface area contributed by atoms with Crippen molar-refractivity contribution in [1.82, 2.24) is 4.98 Å². The molecule has 0 radical (unpaired) electrons. The van der Waals surface area contributed by atoms with Crippen LogP contribution in [0.25, 0.3) is 0 Å². The number of rotatable bonds is 5. The highest BCUT2D eigenvalue weighted by atomic mass is 15.2. The molecule has 78 valence electrons. The average molecular weight is 193 g/mol. The smallest absolute Gasteiger partial charge is 0.128 e. The molecule has 2 N–H and O–H groups in total. The molecule has 3 nitrogen and oxygen atoms in total. The normalized spacial score (nSPS) is 10.2. The summed E-state index contributed by atoms with van der Waals surface area (Å²) >= 11 is 0. The van der Waals surface area contributed by atoms with Crippen molar-refractivity contribution in [1.29, 1.82) is 0 Å². The molecule has 0 aliphatic rings. The Morgan fingerprint density at radius 2 is 2.21 bits per heavy atom. The fraction of sp³-hybridized carbons (Fsp3) is 0.545. The minimum absolute atomic E-state index is 0.738. The Morgan fingerprint density at radius 1 is 1.43 bits per heavy atom. The Labute approximate surface area is 85.9 Å². The van der Waals surface area contributed by atoms with E-state index in [1.807, 2.05) is 25.1 Å². The van der Waals surface area contributed by atoms with Gasteiger partial charge in [0.1, 0.15) is 5.82 Å². The first kappa shape index (κ1) is 11.0. The molecule has 0 atom stereocenters. The summed E-state index contributed by atoms with van der Waals surface area (Å²) in [4.78, 5) is 6.73. The molecule has 0 spiro atoms. The molecule has 1 aromatic heterocycles. The second-order valence-electron chi connectivity index (χ2n) is 3.36. The van der Waals surface area contributed by atoms with E-state index in [4.69, 9.17) is 5.73 Å².